The zero-order chi connectivity index (χ0) is 24.4. The Hall–Kier alpha value is -4.40. The summed E-state index contributed by atoms with van der Waals surface area (Å²) < 4.78 is 7.32. The number of hydrogen-bond acceptors (Lipinski definition) is 4. The van der Waals surface area contributed by atoms with Crippen LogP contribution in [0.5, 0.6) is 5.75 Å². The van der Waals surface area contributed by atoms with Crippen LogP contribution in [0.1, 0.15) is 21.5 Å². The number of halogens is 1. The maximum absolute atomic E-state index is 13.5. The highest BCUT2D eigenvalue weighted by molar-refractivity contribution is 6.31. The van der Waals surface area contributed by atoms with Crippen LogP contribution in [0, 0.1) is 11.3 Å². The maximum atomic E-state index is 13.5. The Bertz CT molecular complexity index is 1650. The predicted octanol–water partition coefficient (Wildman–Crippen LogP) is 6.69. The van der Waals surface area contributed by atoms with Crippen LogP contribution in [0.3, 0.4) is 0 Å². The second-order valence-electron chi connectivity index (χ2n) is 8.10. The molecular weight excluding hydrogens is 458 g/mol. The summed E-state index contributed by atoms with van der Waals surface area (Å²) in [5.74, 6) is 0.316. The van der Waals surface area contributed by atoms with Crippen molar-refractivity contribution in [2.45, 2.75) is 6.54 Å². The molecule has 0 unspecified atom stereocenters. The number of ether oxygens (including phenoxy) is 1. The topological polar surface area (TPSA) is 67.9 Å². The molecule has 0 saturated carbocycles. The second kappa shape index (κ2) is 9.46. The Morgan fingerprint density at radius 1 is 1.09 bits per heavy atom. The van der Waals surface area contributed by atoms with Crippen molar-refractivity contribution < 1.29 is 9.53 Å². The Kier molecular flexibility index (Phi) is 6.05. The number of rotatable bonds is 6. The van der Waals surface area contributed by atoms with Gasteiger partial charge < -0.3 is 9.30 Å². The lowest BCUT2D eigenvalue weighted by atomic mass is 10.0. The van der Waals surface area contributed by atoms with Gasteiger partial charge in [0.05, 0.1) is 12.6 Å². The van der Waals surface area contributed by atoms with Gasteiger partial charge in [-0.2, -0.15) is 5.26 Å². The summed E-state index contributed by atoms with van der Waals surface area (Å²) >= 11 is 6.41. The van der Waals surface area contributed by atoms with Gasteiger partial charge in [0.15, 0.2) is 0 Å². The number of hydrogen-bond donors (Lipinski definition) is 0. The van der Waals surface area contributed by atoms with E-state index in [9.17, 15) is 10.1 Å². The van der Waals surface area contributed by atoms with Crippen molar-refractivity contribution in [1.82, 2.24) is 9.55 Å². The van der Waals surface area contributed by atoms with E-state index in [-0.39, 0.29) is 16.5 Å². The third-order valence-electron chi connectivity index (χ3n) is 5.90. The van der Waals surface area contributed by atoms with Crippen molar-refractivity contribution in [2.75, 3.05) is 7.11 Å². The molecular formula is C29H20ClN3O2. The molecule has 0 fully saturated rings. The summed E-state index contributed by atoms with van der Waals surface area (Å²) in [5, 5.41) is 11.7. The molecule has 0 bridgehead atoms. The molecule has 35 heavy (non-hydrogen) atoms. The van der Waals surface area contributed by atoms with Crippen molar-refractivity contribution in [3.8, 4) is 11.8 Å². The zero-order valence-electron chi connectivity index (χ0n) is 18.9. The molecule has 5 nitrogen and oxygen atoms in total. The van der Waals surface area contributed by atoms with Crippen LogP contribution in [0.4, 0.5) is 0 Å². The third-order valence-corrected chi connectivity index (χ3v) is 6.20. The minimum atomic E-state index is -0.364. The Balaban J connectivity index is 1.57. The first-order valence-electron chi connectivity index (χ1n) is 11.0. The van der Waals surface area contributed by atoms with Gasteiger partial charge in [0.1, 0.15) is 22.5 Å². The predicted molar refractivity (Wildman–Crippen MR) is 139 cm³/mol. The lowest BCUT2D eigenvalue weighted by molar-refractivity contribution is 0.104. The number of methoxy groups -OCH3 is 1. The number of Topliss-reactive ketones (excluding diaryl/α,β-unsaturated/α-hetero) is 1. The molecule has 0 radical (unpaired) electrons. The molecule has 5 rings (SSSR count). The highest BCUT2D eigenvalue weighted by Crippen LogP contribution is 2.28. The molecule has 0 saturated heterocycles. The van der Waals surface area contributed by atoms with Crippen LogP contribution in [0.2, 0.25) is 5.15 Å². The Morgan fingerprint density at radius 3 is 2.63 bits per heavy atom. The second-order valence-corrected chi connectivity index (χ2v) is 8.46. The fraction of sp³-hybridized carbons (Fsp3) is 0.0690. The molecule has 0 spiro atoms. The number of carbonyl (C=O) groups excluding carboxylic acids is 1. The lowest BCUT2D eigenvalue weighted by Gasteiger charge is -2.05. The normalized spacial score (nSPS) is 11.5. The fourth-order valence-electron chi connectivity index (χ4n) is 4.16. The standard InChI is InChI=1S/C29H20ClN3O2/c1-35-23-11-12-26-20(15-23)13-21(29(30)32-26)14-22(16-31)28(34)25-18-33(17-19-7-3-2-4-8-19)27-10-6-5-9-24(25)27/h2-15,18H,17H2,1H3/b22-14+. The highest BCUT2D eigenvalue weighted by atomic mass is 35.5. The molecule has 3 aromatic carbocycles. The summed E-state index contributed by atoms with van der Waals surface area (Å²) in [6.45, 7) is 0.614. The number of para-hydroxylation sites is 1. The van der Waals surface area contributed by atoms with Crippen molar-refractivity contribution in [1.29, 1.82) is 5.26 Å². The highest BCUT2D eigenvalue weighted by Gasteiger charge is 2.19. The van der Waals surface area contributed by atoms with E-state index in [1.165, 1.54) is 6.08 Å². The molecule has 0 N–H and O–H groups in total. The average molecular weight is 478 g/mol. The SMILES string of the molecule is COc1ccc2nc(Cl)c(/C=C(\C#N)C(=O)c3cn(Cc4ccccc4)c4ccccc34)cc2c1. The molecule has 2 aromatic heterocycles. The third kappa shape index (κ3) is 4.40. The van der Waals surface area contributed by atoms with Gasteiger partial charge in [0, 0.05) is 40.2 Å². The van der Waals surface area contributed by atoms with Crippen LogP contribution < -0.4 is 4.74 Å². The number of nitrogens with zero attached hydrogens (tertiary/aromatic N) is 3. The Labute approximate surface area is 207 Å². The Morgan fingerprint density at radius 2 is 1.86 bits per heavy atom. The molecule has 5 aromatic rings. The summed E-state index contributed by atoms with van der Waals surface area (Å²) in [5.41, 5.74) is 3.68. The molecule has 6 heteroatoms. The molecule has 0 aliphatic rings. The van der Waals surface area contributed by atoms with Gasteiger partial charge in [-0.15, -0.1) is 0 Å². The zero-order valence-corrected chi connectivity index (χ0v) is 19.7. The number of pyridine rings is 1. The summed E-state index contributed by atoms with van der Waals surface area (Å²) in [6.07, 6.45) is 3.32. The van der Waals surface area contributed by atoms with E-state index in [0.29, 0.717) is 28.9 Å². The average Bonchev–Trinajstić information content (AvgIpc) is 3.25. The maximum Gasteiger partial charge on any atom is 0.205 e. The number of ketones is 1. The van der Waals surface area contributed by atoms with Gasteiger partial charge in [-0.3, -0.25) is 4.79 Å². The van der Waals surface area contributed by atoms with E-state index in [0.717, 1.165) is 21.9 Å². The summed E-state index contributed by atoms with van der Waals surface area (Å²) in [4.78, 5) is 18.0. The van der Waals surface area contributed by atoms with Crippen LogP contribution in [0.25, 0.3) is 27.9 Å². The van der Waals surface area contributed by atoms with Crippen molar-refractivity contribution in [2.24, 2.45) is 0 Å². The van der Waals surface area contributed by atoms with E-state index >= 15 is 0 Å². The van der Waals surface area contributed by atoms with Crippen molar-refractivity contribution in [3.05, 3.63) is 112 Å². The first-order chi connectivity index (χ1) is 17.1. The number of aromatic nitrogens is 2. The van der Waals surface area contributed by atoms with Crippen LogP contribution in [-0.4, -0.2) is 22.4 Å². The van der Waals surface area contributed by atoms with Crippen LogP contribution >= 0.6 is 11.6 Å². The molecule has 0 atom stereocenters. The largest absolute Gasteiger partial charge is 0.497 e. The minimum absolute atomic E-state index is 0.0152. The number of carbonyl (C=O) groups is 1. The van der Waals surface area contributed by atoms with Gasteiger partial charge in [0.2, 0.25) is 5.78 Å². The van der Waals surface area contributed by atoms with Crippen molar-refractivity contribution in [3.63, 3.8) is 0 Å². The minimum Gasteiger partial charge on any atom is -0.497 e. The lowest BCUT2D eigenvalue weighted by Crippen LogP contribution is -2.02. The van der Waals surface area contributed by atoms with Gasteiger partial charge in [-0.25, -0.2) is 4.98 Å². The van der Waals surface area contributed by atoms with Gasteiger partial charge in [-0.1, -0.05) is 60.1 Å². The molecule has 0 aliphatic carbocycles. The van der Waals surface area contributed by atoms with E-state index in [1.54, 1.807) is 19.2 Å². The quantitative estimate of drug-likeness (QED) is 0.118. The first kappa shape index (κ1) is 22.4. The molecule has 0 amide bonds. The van der Waals surface area contributed by atoms with E-state index < -0.39 is 0 Å². The fourth-order valence-corrected chi connectivity index (χ4v) is 4.36. The monoisotopic (exact) mass is 477 g/mol. The summed E-state index contributed by atoms with van der Waals surface area (Å²) in [6, 6.07) is 27.0. The van der Waals surface area contributed by atoms with E-state index in [4.69, 9.17) is 16.3 Å². The molecule has 0 aliphatic heterocycles. The van der Waals surface area contributed by atoms with E-state index in [2.05, 4.69) is 11.1 Å². The van der Waals surface area contributed by atoms with Crippen LogP contribution in [0.15, 0.2) is 90.6 Å². The number of nitriles is 1. The van der Waals surface area contributed by atoms with Crippen molar-refractivity contribution >= 4 is 45.3 Å². The molecule has 170 valence electrons. The van der Waals surface area contributed by atoms with Gasteiger partial charge in [-0.05, 0) is 42.0 Å². The van der Waals surface area contributed by atoms with Crippen LogP contribution in [-0.2, 0) is 6.54 Å². The first-order valence-corrected chi connectivity index (χ1v) is 11.4. The number of fused-ring (bicyclic) bond motifs is 2. The van der Waals surface area contributed by atoms with Gasteiger partial charge in [0.25, 0.3) is 0 Å². The number of benzene rings is 3. The molecule has 2 heterocycles. The number of allylic oxidation sites excluding steroid dienone is 1. The smallest absolute Gasteiger partial charge is 0.205 e. The van der Waals surface area contributed by atoms with Gasteiger partial charge >= 0.3 is 0 Å². The van der Waals surface area contributed by atoms with E-state index in [1.807, 2.05) is 77.5 Å². The summed E-state index contributed by atoms with van der Waals surface area (Å²) in [7, 11) is 1.59.